The molecule has 0 saturated carbocycles. The molecule has 29 heavy (non-hydrogen) atoms. The predicted molar refractivity (Wildman–Crippen MR) is 119 cm³/mol. The molecule has 0 spiro atoms. The Hall–Kier alpha value is -1.92. The molecule has 1 saturated heterocycles. The predicted octanol–water partition coefficient (Wildman–Crippen LogP) is 6.08. The van der Waals surface area contributed by atoms with Gasteiger partial charge in [0.2, 0.25) is 5.91 Å². The van der Waals surface area contributed by atoms with E-state index in [4.69, 9.17) is 32.9 Å². The van der Waals surface area contributed by atoms with Crippen molar-refractivity contribution in [3.05, 3.63) is 69.5 Å². The molecule has 1 aliphatic heterocycles. The second-order valence-electron chi connectivity index (χ2n) is 6.94. The fourth-order valence-corrected chi connectivity index (χ4v) is 4.71. The van der Waals surface area contributed by atoms with Crippen molar-refractivity contribution in [3.8, 4) is 11.3 Å². The molecule has 4 rings (SSSR count). The largest absolute Gasteiger partial charge is 0.381 e. The highest BCUT2D eigenvalue weighted by molar-refractivity contribution is 7.14. The third-order valence-electron chi connectivity index (χ3n) is 4.95. The Morgan fingerprint density at radius 1 is 1.14 bits per heavy atom. The number of aromatic nitrogens is 1. The van der Waals surface area contributed by atoms with Crippen LogP contribution in [0.1, 0.15) is 18.4 Å². The summed E-state index contributed by atoms with van der Waals surface area (Å²) < 4.78 is 5.43. The average molecular weight is 447 g/mol. The zero-order valence-electron chi connectivity index (χ0n) is 15.7. The van der Waals surface area contributed by atoms with Crippen LogP contribution in [-0.4, -0.2) is 24.1 Å². The van der Waals surface area contributed by atoms with Gasteiger partial charge in [-0.05, 0) is 36.6 Å². The summed E-state index contributed by atoms with van der Waals surface area (Å²) in [5, 5.41) is 3.72. The number of thiazole rings is 1. The number of hydrogen-bond donors (Lipinski definition) is 0. The Morgan fingerprint density at radius 2 is 1.90 bits per heavy atom. The third-order valence-corrected chi connectivity index (χ3v) is 6.36. The second-order valence-corrected chi connectivity index (χ2v) is 8.62. The van der Waals surface area contributed by atoms with E-state index in [0.29, 0.717) is 34.9 Å². The normalized spacial score (nSPS) is 14.7. The van der Waals surface area contributed by atoms with Gasteiger partial charge in [-0.1, -0.05) is 53.5 Å². The molecule has 0 aliphatic carbocycles. The number of halogens is 2. The van der Waals surface area contributed by atoms with Crippen LogP contribution in [0.5, 0.6) is 0 Å². The first-order chi connectivity index (χ1) is 14.1. The van der Waals surface area contributed by atoms with Crippen molar-refractivity contribution >= 4 is 45.6 Å². The minimum Gasteiger partial charge on any atom is -0.381 e. The maximum absolute atomic E-state index is 13.4. The average Bonchev–Trinajstić information content (AvgIpc) is 3.22. The van der Waals surface area contributed by atoms with Crippen LogP contribution < -0.4 is 4.90 Å². The molecule has 1 amide bonds. The van der Waals surface area contributed by atoms with E-state index in [9.17, 15) is 4.79 Å². The number of rotatable bonds is 5. The summed E-state index contributed by atoms with van der Waals surface area (Å²) in [7, 11) is 0. The highest BCUT2D eigenvalue weighted by Crippen LogP contribution is 2.35. The van der Waals surface area contributed by atoms with Gasteiger partial charge in [-0.25, -0.2) is 4.98 Å². The van der Waals surface area contributed by atoms with Crippen molar-refractivity contribution in [2.24, 2.45) is 5.92 Å². The molecule has 1 fully saturated rings. The second kappa shape index (κ2) is 9.26. The fourth-order valence-electron chi connectivity index (χ4n) is 3.38. The molecular formula is C22H20Cl2N2O2S. The minimum atomic E-state index is -0.0427. The van der Waals surface area contributed by atoms with Gasteiger partial charge in [0.05, 0.1) is 17.3 Å². The van der Waals surface area contributed by atoms with Crippen molar-refractivity contribution in [3.63, 3.8) is 0 Å². The summed E-state index contributed by atoms with van der Waals surface area (Å²) in [5.74, 6) is 0.0548. The molecule has 0 radical (unpaired) electrons. The van der Waals surface area contributed by atoms with Crippen LogP contribution in [-0.2, 0) is 16.1 Å². The minimum absolute atomic E-state index is 0.0427. The standard InChI is InChI=1S/C22H20Cl2N2O2S/c23-17-6-7-18(19(24)12-17)20-14-29-22(25-20)26(13-15-4-2-1-3-5-15)21(27)16-8-10-28-11-9-16/h1-7,12,14,16H,8-11,13H2. The lowest BCUT2D eigenvalue weighted by molar-refractivity contribution is -0.125. The number of hydrogen-bond acceptors (Lipinski definition) is 4. The maximum Gasteiger partial charge on any atom is 0.232 e. The van der Waals surface area contributed by atoms with Crippen molar-refractivity contribution in [2.75, 3.05) is 18.1 Å². The SMILES string of the molecule is O=C(C1CCOCC1)N(Cc1ccccc1)c1nc(-c2ccc(Cl)cc2Cl)cs1. The van der Waals surface area contributed by atoms with Crippen molar-refractivity contribution in [1.82, 2.24) is 4.98 Å². The van der Waals surface area contributed by atoms with Gasteiger partial charge < -0.3 is 4.74 Å². The molecule has 150 valence electrons. The monoisotopic (exact) mass is 446 g/mol. The molecule has 0 atom stereocenters. The molecule has 0 N–H and O–H groups in total. The molecule has 3 aromatic rings. The van der Waals surface area contributed by atoms with Crippen LogP contribution >= 0.6 is 34.5 Å². The van der Waals surface area contributed by atoms with Crippen LogP contribution in [0.3, 0.4) is 0 Å². The van der Waals surface area contributed by atoms with Gasteiger partial charge in [0.1, 0.15) is 0 Å². The van der Waals surface area contributed by atoms with E-state index in [2.05, 4.69) is 0 Å². The Balaban J connectivity index is 1.65. The summed E-state index contributed by atoms with van der Waals surface area (Å²) in [5.41, 5.74) is 2.61. The van der Waals surface area contributed by atoms with E-state index >= 15 is 0 Å². The summed E-state index contributed by atoms with van der Waals surface area (Å²) in [6, 6.07) is 15.3. The topological polar surface area (TPSA) is 42.4 Å². The van der Waals surface area contributed by atoms with E-state index in [-0.39, 0.29) is 11.8 Å². The van der Waals surface area contributed by atoms with E-state index in [1.54, 1.807) is 17.0 Å². The van der Waals surface area contributed by atoms with Crippen molar-refractivity contribution in [2.45, 2.75) is 19.4 Å². The summed E-state index contributed by atoms with van der Waals surface area (Å²) >= 11 is 13.8. The van der Waals surface area contributed by atoms with Crippen molar-refractivity contribution < 1.29 is 9.53 Å². The number of anilines is 1. The van der Waals surface area contributed by atoms with Gasteiger partial charge in [0.25, 0.3) is 0 Å². The lowest BCUT2D eigenvalue weighted by Crippen LogP contribution is -2.38. The Kier molecular flexibility index (Phi) is 6.50. The molecule has 2 heterocycles. The Labute approximate surface area is 184 Å². The summed E-state index contributed by atoms with van der Waals surface area (Å²) in [6.07, 6.45) is 1.48. The van der Waals surface area contributed by atoms with Gasteiger partial charge in [-0.15, -0.1) is 11.3 Å². The summed E-state index contributed by atoms with van der Waals surface area (Å²) in [6.45, 7) is 1.73. The molecule has 0 bridgehead atoms. The number of carbonyl (C=O) groups excluding carboxylic acids is 1. The van der Waals surface area contributed by atoms with E-state index in [1.807, 2.05) is 41.8 Å². The Morgan fingerprint density at radius 3 is 2.62 bits per heavy atom. The fraction of sp³-hybridized carbons (Fsp3) is 0.273. The van der Waals surface area contributed by atoms with E-state index < -0.39 is 0 Å². The van der Waals surface area contributed by atoms with Crippen molar-refractivity contribution in [1.29, 1.82) is 0 Å². The lowest BCUT2D eigenvalue weighted by atomic mass is 9.98. The number of amides is 1. The first-order valence-corrected chi connectivity index (χ1v) is 11.1. The highest BCUT2D eigenvalue weighted by atomic mass is 35.5. The molecule has 2 aromatic carbocycles. The quantitative estimate of drug-likeness (QED) is 0.476. The number of carbonyl (C=O) groups is 1. The zero-order valence-corrected chi connectivity index (χ0v) is 18.0. The molecule has 1 aliphatic rings. The molecule has 1 aromatic heterocycles. The van der Waals surface area contributed by atoms with E-state index in [0.717, 1.165) is 29.7 Å². The molecular weight excluding hydrogens is 427 g/mol. The van der Waals surface area contributed by atoms with Crippen LogP contribution in [0.4, 0.5) is 5.13 Å². The number of ether oxygens (including phenoxy) is 1. The van der Waals surface area contributed by atoms with Gasteiger partial charge >= 0.3 is 0 Å². The van der Waals surface area contributed by atoms with Gasteiger partial charge in [-0.3, -0.25) is 9.69 Å². The van der Waals surface area contributed by atoms with Gasteiger partial charge in [0, 0.05) is 35.1 Å². The van der Waals surface area contributed by atoms with Gasteiger partial charge in [-0.2, -0.15) is 0 Å². The number of nitrogens with zero attached hydrogens (tertiary/aromatic N) is 2. The van der Waals surface area contributed by atoms with Crippen LogP contribution in [0.15, 0.2) is 53.9 Å². The first kappa shape index (κ1) is 20.4. The molecule has 7 heteroatoms. The Bertz CT molecular complexity index is 987. The zero-order chi connectivity index (χ0) is 20.2. The van der Waals surface area contributed by atoms with Crippen LogP contribution in [0.25, 0.3) is 11.3 Å². The van der Waals surface area contributed by atoms with Crippen LogP contribution in [0, 0.1) is 5.92 Å². The van der Waals surface area contributed by atoms with Gasteiger partial charge in [0.15, 0.2) is 5.13 Å². The molecule has 0 unspecified atom stereocenters. The first-order valence-electron chi connectivity index (χ1n) is 9.46. The summed E-state index contributed by atoms with van der Waals surface area (Å²) in [4.78, 5) is 19.9. The smallest absolute Gasteiger partial charge is 0.232 e. The molecule has 4 nitrogen and oxygen atoms in total. The van der Waals surface area contributed by atoms with E-state index in [1.165, 1.54) is 11.3 Å². The maximum atomic E-state index is 13.4. The van der Waals surface area contributed by atoms with Crippen LogP contribution in [0.2, 0.25) is 10.0 Å². The highest BCUT2D eigenvalue weighted by Gasteiger charge is 2.29. The third kappa shape index (κ3) is 4.81. The number of benzene rings is 2. The lowest BCUT2D eigenvalue weighted by Gasteiger charge is -2.28.